The number of carboxylic acid groups (broad SMARTS) is 1. The topological polar surface area (TPSA) is 134 Å². The predicted octanol–water partition coefficient (Wildman–Crippen LogP) is 4.34. The van der Waals surface area contributed by atoms with Crippen molar-refractivity contribution in [2.24, 2.45) is 0 Å². The first-order valence-electron chi connectivity index (χ1n) is 12.9. The van der Waals surface area contributed by atoms with Crippen molar-refractivity contribution in [2.45, 2.75) is 39.4 Å². The van der Waals surface area contributed by atoms with Crippen LogP contribution in [0, 0.1) is 6.92 Å². The molecule has 0 bridgehead atoms. The Labute approximate surface area is 231 Å². The van der Waals surface area contributed by atoms with Crippen LogP contribution < -0.4 is 21.0 Å². The molecule has 3 N–H and O–H groups in total. The van der Waals surface area contributed by atoms with Gasteiger partial charge in [0.15, 0.2) is 0 Å². The lowest BCUT2D eigenvalue weighted by atomic mass is 10.0. The SMILES string of the molecule is CCN(Cc1ccccc1)C(=O)[C@H](Cc1ccc(OC)cc1)Nc1nc2ccc(CNC(=O)O)c(C)c2c(=O)o1. The van der Waals surface area contributed by atoms with E-state index in [1.807, 2.05) is 61.5 Å². The van der Waals surface area contributed by atoms with E-state index < -0.39 is 17.8 Å². The Morgan fingerprint density at radius 1 is 1.05 bits per heavy atom. The van der Waals surface area contributed by atoms with E-state index in [9.17, 15) is 14.4 Å². The minimum Gasteiger partial charge on any atom is -0.497 e. The van der Waals surface area contributed by atoms with E-state index in [1.165, 1.54) is 0 Å². The zero-order valence-electron chi connectivity index (χ0n) is 22.6. The molecule has 1 atom stereocenters. The number of aromatic nitrogens is 1. The molecule has 0 saturated heterocycles. The zero-order valence-corrected chi connectivity index (χ0v) is 22.6. The molecule has 0 aliphatic carbocycles. The van der Waals surface area contributed by atoms with Crippen LogP contribution in [0.3, 0.4) is 0 Å². The van der Waals surface area contributed by atoms with Gasteiger partial charge < -0.3 is 29.8 Å². The molecule has 0 aliphatic rings. The number of hydrogen-bond acceptors (Lipinski definition) is 7. The van der Waals surface area contributed by atoms with Gasteiger partial charge in [-0.3, -0.25) is 4.79 Å². The Kier molecular flexibility index (Phi) is 9.00. The molecule has 208 valence electrons. The van der Waals surface area contributed by atoms with Gasteiger partial charge in [0.2, 0.25) is 5.91 Å². The molecule has 10 heteroatoms. The Balaban J connectivity index is 1.65. The minimum absolute atomic E-state index is 0.0449. The number of benzene rings is 3. The number of hydrogen-bond donors (Lipinski definition) is 3. The van der Waals surface area contributed by atoms with E-state index in [2.05, 4.69) is 15.6 Å². The van der Waals surface area contributed by atoms with Crippen molar-refractivity contribution in [3.8, 4) is 5.75 Å². The summed E-state index contributed by atoms with van der Waals surface area (Å²) in [6.45, 7) is 4.59. The van der Waals surface area contributed by atoms with Crippen LogP contribution in [0.4, 0.5) is 10.8 Å². The summed E-state index contributed by atoms with van der Waals surface area (Å²) in [6, 6.07) is 19.6. The molecule has 0 aliphatic heterocycles. The molecule has 0 spiro atoms. The highest BCUT2D eigenvalue weighted by Crippen LogP contribution is 2.21. The van der Waals surface area contributed by atoms with E-state index in [1.54, 1.807) is 31.1 Å². The molecule has 40 heavy (non-hydrogen) atoms. The van der Waals surface area contributed by atoms with Crippen LogP contribution in [0.25, 0.3) is 10.9 Å². The highest BCUT2D eigenvalue weighted by Gasteiger charge is 2.26. The standard InChI is InChI=1S/C30H32N4O6/c1-4-34(18-21-8-6-5-7-9-21)27(35)25(16-20-10-13-23(39-3)14-11-20)33-29-32-24-15-12-22(17-31-30(37)38)19(2)26(24)28(36)40-29/h5-15,25,31H,4,16-18H2,1-3H3,(H,32,33)(H,37,38)/t25-/m0/s1. The highest BCUT2D eigenvalue weighted by atomic mass is 16.5. The molecular weight excluding hydrogens is 512 g/mol. The summed E-state index contributed by atoms with van der Waals surface area (Å²) in [6.07, 6.45) is -0.846. The first-order chi connectivity index (χ1) is 19.3. The fourth-order valence-corrected chi connectivity index (χ4v) is 4.50. The van der Waals surface area contributed by atoms with Crippen molar-refractivity contribution in [3.63, 3.8) is 0 Å². The molecule has 0 unspecified atom stereocenters. The average molecular weight is 545 g/mol. The van der Waals surface area contributed by atoms with Crippen LogP contribution in [0.15, 0.2) is 75.9 Å². The Morgan fingerprint density at radius 2 is 1.77 bits per heavy atom. The number of nitrogens with one attached hydrogen (secondary N) is 2. The maximum Gasteiger partial charge on any atom is 0.404 e. The second-order valence-corrected chi connectivity index (χ2v) is 9.30. The van der Waals surface area contributed by atoms with Crippen molar-refractivity contribution >= 4 is 28.9 Å². The van der Waals surface area contributed by atoms with Gasteiger partial charge in [0.25, 0.3) is 6.01 Å². The van der Waals surface area contributed by atoms with Gasteiger partial charge >= 0.3 is 11.7 Å². The maximum atomic E-state index is 13.8. The molecule has 0 saturated carbocycles. The summed E-state index contributed by atoms with van der Waals surface area (Å²) in [7, 11) is 1.59. The average Bonchev–Trinajstić information content (AvgIpc) is 2.95. The second kappa shape index (κ2) is 12.8. The summed E-state index contributed by atoms with van der Waals surface area (Å²) in [4.78, 5) is 44.0. The van der Waals surface area contributed by atoms with Gasteiger partial charge in [0.1, 0.15) is 11.8 Å². The van der Waals surface area contributed by atoms with Gasteiger partial charge in [-0.15, -0.1) is 0 Å². The summed E-state index contributed by atoms with van der Waals surface area (Å²) in [5.41, 5.74) is 2.84. The molecular formula is C30H32N4O6. The molecule has 4 aromatic rings. The fraction of sp³-hybridized carbons (Fsp3) is 0.267. The molecule has 2 amide bonds. The number of rotatable bonds is 11. The third-order valence-electron chi connectivity index (χ3n) is 6.71. The van der Waals surface area contributed by atoms with Crippen LogP contribution in [-0.2, 0) is 24.3 Å². The van der Waals surface area contributed by atoms with E-state index in [4.69, 9.17) is 14.3 Å². The number of carbonyl (C=O) groups excluding carboxylic acids is 1. The summed E-state index contributed by atoms with van der Waals surface area (Å²) < 4.78 is 10.8. The van der Waals surface area contributed by atoms with Crippen LogP contribution in [0.5, 0.6) is 5.75 Å². The number of anilines is 1. The molecule has 0 fully saturated rings. The van der Waals surface area contributed by atoms with Crippen molar-refractivity contribution in [3.05, 3.63) is 99.4 Å². The number of likely N-dealkylation sites (N-methyl/N-ethyl adjacent to an activating group) is 1. The summed E-state index contributed by atoms with van der Waals surface area (Å²) in [5, 5.41) is 14.6. The van der Waals surface area contributed by atoms with Gasteiger partial charge in [-0.1, -0.05) is 48.5 Å². The lowest BCUT2D eigenvalue weighted by Gasteiger charge is -2.27. The van der Waals surface area contributed by atoms with Crippen molar-refractivity contribution in [2.75, 3.05) is 19.0 Å². The van der Waals surface area contributed by atoms with E-state index in [0.29, 0.717) is 41.9 Å². The highest BCUT2D eigenvalue weighted by molar-refractivity contribution is 5.86. The predicted molar refractivity (Wildman–Crippen MR) is 152 cm³/mol. The monoisotopic (exact) mass is 544 g/mol. The first kappa shape index (κ1) is 28.2. The van der Waals surface area contributed by atoms with Crippen LogP contribution in [0.2, 0.25) is 0 Å². The number of aryl methyl sites for hydroxylation is 1. The second-order valence-electron chi connectivity index (χ2n) is 9.30. The Morgan fingerprint density at radius 3 is 2.42 bits per heavy atom. The molecule has 1 heterocycles. The largest absolute Gasteiger partial charge is 0.497 e. The third kappa shape index (κ3) is 6.76. The minimum atomic E-state index is -1.16. The fourth-order valence-electron chi connectivity index (χ4n) is 4.50. The van der Waals surface area contributed by atoms with E-state index in [0.717, 1.165) is 11.1 Å². The van der Waals surface area contributed by atoms with Gasteiger partial charge in [-0.2, -0.15) is 4.98 Å². The number of amides is 2. The van der Waals surface area contributed by atoms with E-state index >= 15 is 0 Å². The number of methoxy groups -OCH3 is 1. The number of nitrogens with zero attached hydrogens (tertiary/aromatic N) is 2. The van der Waals surface area contributed by atoms with Gasteiger partial charge in [-0.05, 0) is 54.3 Å². The summed E-state index contributed by atoms with van der Waals surface area (Å²) in [5.74, 6) is 0.535. The first-order valence-corrected chi connectivity index (χ1v) is 12.9. The number of fused-ring (bicyclic) bond motifs is 1. The lowest BCUT2D eigenvalue weighted by Crippen LogP contribution is -2.44. The zero-order chi connectivity index (χ0) is 28.6. The lowest BCUT2D eigenvalue weighted by molar-refractivity contribution is -0.132. The van der Waals surface area contributed by atoms with Crippen LogP contribution in [-0.4, -0.2) is 46.7 Å². The van der Waals surface area contributed by atoms with Gasteiger partial charge in [-0.25, -0.2) is 9.59 Å². The van der Waals surface area contributed by atoms with Gasteiger partial charge in [0, 0.05) is 26.1 Å². The molecule has 10 nitrogen and oxygen atoms in total. The molecule has 4 rings (SSSR count). The third-order valence-corrected chi connectivity index (χ3v) is 6.71. The normalized spacial score (nSPS) is 11.6. The number of ether oxygens (including phenoxy) is 1. The van der Waals surface area contributed by atoms with Crippen molar-refractivity contribution in [1.82, 2.24) is 15.2 Å². The summed E-state index contributed by atoms with van der Waals surface area (Å²) >= 11 is 0. The molecule has 3 aromatic carbocycles. The smallest absolute Gasteiger partial charge is 0.404 e. The Hall–Kier alpha value is -4.86. The maximum absolute atomic E-state index is 13.8. The van der Waals surface area contributed by atoms with Gasteiger partial charge in [0.05, 0.1) is 18.0 Å². The van der Waals surface area contributed by atoms with Crippen molar-refractivity contribution in [1.29, 1.82) is 0 Å². The van der Waals surface area contributed by atoms with Crippen LogP contribution in [0.1, 0.15) is 29.2 Å². The Bertz CT molecular complexity index is 1540. The van der Waals surface area contributed by atoms with Crippen molar-refractivity contribution < 1.29 is 23.8 Å². The molecule has 1 aromatic heterocycles. The van der Waals surface area contributed by atoms with E-state index in [-0.39, 0.29) is 23.9 Å². The molecule has 0 radical (unpaired) electrons. The quantitative estimate of drug-likeness (QED) is 0.254. The van der Waals surface area contributed by atoms with Crippen LogP contribution >= 0.6 is 0 Å². The number of carbonyl (C=O) groups is 2.